The van der Waals surface area contributed by atoms with E-state index in [4.69, 9.17) is 18.9 Å². The Morgan fingerprint density at radius 3 is 2.27 bits per heavy atom. The van der Waals surface area contributed by atoms with Crippen molar-refractivity contribution in [2.45, 2.75) is 138 Å². The largest absolute Gasteiger partial charge is 0.491 e. The van der Waals surface area contributed by atoms with Crippen LogP contribution in [-0.2, 0) is 20.8 Å². The van der Waals surface area contributed by atoms with E-state index in [-0.39, 0.29) is 11.5 Å². The molecule has 1 aliphatic heterocycles. The first-order chi connectivity index (χ1) is 32.1. The van der Waals surface area contributed by atoms with Crippen LogP contribution < -0.4 is 15.6 Å². The molecule has 366 valence electrons. The first-order valence-corrected chi connectivity index (χ1v) is 26.0. The normalized spacial score (nSPS) is 15.1. The molecule has 3 heterocycles. The van der Waals surface area contributed by atoms with Gasteiger partial charge in [-0.1, -0.05) is 89.8 Å². The fourth-order valence-electron chi connectivity index (χ4n) is 8.61. The molecule has 3 aromatic carbocycles. The number of aryl methyl sites for hydroxylation is 2. The summed E-state index contributed by atoms with van der Waals surface area (Å²) in [5.41, 5.74) is 8.65. The molecule has 67 heavy (non-hydrogen) atoms. The van der Waals surface area contributed by atoms with Crippen LogP contribution in [0, 0.1) is 19.8 Å². The Labute approximate surface area is 412 Å². The number of alkyl carbamates (subject to hydrolysis) is 1. The van der Waals surface area contributed by atoms with Crippen LogP contribution in [0.15, 0.2) is 69.4 Å². The molecule has 2 fully saturated rings. The lowest BCUT2D eigenvalue weighted by Gasteiger charge is -2.33. The molecule has 1 saturated heterocycles. The molecule has 2 aromatic heterocycles. The smallest absolute Gasteiger partial charge is 0.407 e. The summed E-state index contributed by atoms with van der Waals surface area (Å²) in [4.78, 5) is 37.4. The van der Waals surface area contributed by atoms with Gasteiger partial charge in [-0.3, -0.25) is 9.36 Å². The van der Waals surface area contributed by atoms with Crippen LogP contribution in [0.25, 0.3) is 27.0 Å². The first-order valence-electron chi connectivity index (χ1n) is 24.4. The van der Waals surface area contributed by atoms with E-state index in [1.165, 1.54) is 42.5 Å². The van der Waals surface area contributed by atoms with Crippen molar-refractivity contribution in [3.8, 4) is 21.9 Å². The second-order valence-corrected chi connectivity index (χ2v) is 20.7. The average molecular weight is 1000 g/mol. The molecule has 0 spiro atoms. The van der Waals surface area contributed by atoms with Crippen LogP contribution in [0.1, 0.15) is 140 Å². The minimum Gasteiger partial charge on any atom is -0.491 e. The summed E-state index contributed by atoms with van der Waals surface area (Å²) in [6.45, 7) is 24.4. The summed E-state index contributed by atoms with van der Waals surface area (Å²) >= 11 is 5.23. The van der Waals surface area contributed by atoms with E-state index in [0.29, 0.717) is 44.3 Å². The van der Waals surface area contributed by atoms with Gasteiger partial charge in [-0.05, 0) is 142 Å². The predicted molar refractivity (Wildman–Crippen MR) is 278 cm³/mol. The van der Waals surface area contributed by atoms with Gasteiger partial charge < -0.3 is 29.2 Å². The average Bonchev–Trinajstić information content (AvgIpc) is 3.97. The van der Waals surface area contributed by atoms with Crippen LogP contribution in [0.3, 0.4) is 0 Å². The maximum atomic E-state index is 13.2. The molecular weight excluding hydrogens is 927 g/mol. The SMILES string of the molecule is CC1CCCC1.CCCN1CCC(c2cc(C)c(-n3c(C(C)CC)nc(=O)c4c(Br)cccc43)cc2OCCOCCOC)CC1.Cc1ncsc1-c1ccc(CNC(=O)OC(C)(C)C)cc1. The maximum Gasteiger partial charge on any atom is 0.407 e. The van der Waals surface area contributed by atoms with Crippen molar-refractivity contribution in [3.63, 3.8) is 0 Å². The van der Waals surface area contributed by atoms with E-state index < -0.39 is 11.7 Å². The van der Waals surface area contributed by atoms with Gasteiger partial charge in [0.2, 0.25) is 0 Å². The number of ether oxygens (including phenoxy) is 4. The van der Waals surface area contributed by atoms with Crippen molar-refractivity contribution >= 4 is 44.3 Å². The molecule has 5 aromatic rings. The van der Waals surface area contributed by atoms with Gasteiger partial charge in [0.05, 0.1) is 52.5 Å². The number of carbonyl (C=O) groups is 1. The van der Waals surface area contributed by atoms with Crippen LogP contribution in [0.4, 0.5) is 4.79 Å². The van der Waals surface area contributed by atoms with Crippen LogP contribution in [0.2, 0.25) is 0 Å². The van der Waals surface area contributed by atoms with Crippen LogP contribution in [0.5, 0.6) is 5.75 Å². The first kappa shape index (κ1) is 53.8. The lowest BCUT2D eigenvalue weighted by molar-refractivity contribution is 0.0523. The third-order valence-corrected chi connectivity index (χ3v) is 14.1. The van der Waals surface area contributed by atoms with Crippen molar-refractivity contribution in [2.75, 3.05) is 53.2 Å². The molecule has 1 amide bonds. The number of methoxy groups -OCH3 is 1. The van der Waals surface area contributed by atoms with Gasteiger partial charge in [-0.2, -0.15) is 4.98 Å². The third kappa shape index (κ3) is 16.0. The molecule has 11 nitrogen and oxygen atoms in total. The van der Waals surface area contributed by atoms with Crippen molar-refractivity contribution in [1.82, 2.24) is 24.8 Å². The number of amides is 1. The molecule has 7 rings (SSSR count). The number of nitrogens with zero attached hydrogens (tertiary/aromatic N) is 4. The number of benzene rings is 3. The van der Waals surface area contributed by atoms with Gasteiger partial charge in [0.25, 0.3) is 5.56 Å². The monoisotopic (exact) mass is 1000 g/mol. The number of rotatable bonds is 16. The molecular formula is C54H76BrN5O6S. The topological polar surface area (TPSA) is 117 Å². The highest BCUT2D eigenvalue weighted by Gasteiger charge is 2.26. The summed E-state index contributed by atoms with van der Waals surface area (Å²) < 4.78 is 25.4. The Morgan fingerprint density at radius 2 is 1.67 bits per heavy atom. The van der Waals surface area contributed by atoms with E-state index in [0.717, 1.165) is 94.4 Å². The number of likely N-dealkylation sites (tertiary alicyclic amines) is 1. The zero-order valence-electron chi connectivity index (χ0n) is 41.8. The van der Waals surface area contributed by atoms with Crippen LogP contribution in [-0.4, -0.2) is 84.3 Å². The zero-order valence-corrected chi connectivity index (χ0v) is 44.2. The fourth-order valence-corrected chi connectivity index (χ4v) is 9.94. The van der Waals surface area contributed by atoms with Gasteiger partial charge in [-0.15, -0.1) is 11.3 Å². The lowest BCUT2D eigenvalue weighted by Crippen LogP contribution is -2.33. The summed E-state index contributed by atoms with van der Waals surface area (Å²) in [5.74, 6) is 3.26. The Bertz CT molecular complexity index is 2360. The van der Waals surface area contributed by atoms with Crippen molar-refractivity contribution < 1.29 is 23.7 Å². The summed E-state index contributed by atoms with van der Waals surface area (Å²) in [6.07, 6.45) is 9.85. The standard InChI is InChI=1S/C32H44BrN3O4.C16H20N2O2S.C6H12/c1-6-13-35-14-11-24(12-15-35)25-20-23(4)28(21-29(25)40-19-18-39-17-16-38-5)36-27-10-8-9-26(33)30(27)32(37)34-31(36)22(3)7-2;1-11-14(21-10-18-11)13-7-5-12(6-8-13)9-17-15(19)20-16(2,3)4;1-6-4-2-3-5-6/h8-10,20-22,24H,6-7,11-19H2,1-5H3;5-8,10H,9H2,1-4H3,(H,17,19);6H,2-5H2,1H3. The molecule has 1 saturated carbocycles. The minimum absolute atomic E-state index is 0.108. The molecule has 1 atom stereocenters. The van der Waals surface area contributed by atoms with Gasteiger partial charge in [-0.25, -0.2) is 9.78 Å². The Hall–Kier alpha value is -4.14. The van der Waals surface area contributed by atoms with E-state index >= 15 is 0 Å². The number of hydrogen-bond donors (Lipinski definition) is 1. The number of nitrogens with one attached hydrogen (secondary N) is 1. The number of piperidine rings is 1. The van der Waals surface area contributed by atoms with E-state index in [9.17, 15) is 9.59 Å². The summed E-state index contributed by atoms with van der Waals surface area (Å²) in [6, 6.07) is 18.5. The van der Waals surface area contributed by atoms with Gasteiger partial charge >= 0.3 is 6.09 Å². The maximum absolute atomic E-state index is 13.2. The number of thiazole rings is 1. The molecule has 0 bridgehead atoms. The van der Waals surface area contributed by atoms with Gasteiger partial charge in [0.15, 0.2) is 0 Å². The molecule has 1 unspecified atom stereocenters. The fraction of sp³-hybridized carbons (Fsp3) is 0.556. The molecule has 13 heteroatoms. The highest BCUT2D eigenvalue weighted by Crippen LogP contribution is 2.39. The summed E-state index contributed by atoms with van der Waals surface area (Å²) in [7, 11) is 1.67. The lowest BCUT2D eigenvalue weighted by atomic mass is 9.87. The second-order valence-electron chi connectivity index (χ2n) is 19.0. The van der Waals surface area contributed by atoms with Crippen molar-refractivity contribution in [1.29, 1.82) is 0 Å². The van der Waals surface area contributed by atoms with E-state index in [2.05, 4.69) is 87.4 Å². The van der Waals surface area contributed by atoms with Gasteiger partial charge in [0, 0.05) is 30.1 Å². The second kappa shape index (κ2) is 26.6. The summed E-state index contributed by atoms with van der Waals surface area (Å²) in [5, 5.41) is 3.34. The quantitative estimate of drug-likeness (QED) is 0.0964. The van der Waals surface area contributed by atoms with E-state index in [1.807, 2.05) is 75.7 Å². The molecule has 2 aliphatic rings. The predicted octanol–water partition coefficient (Wildman–Crippen LogP) is 12.9. The number of halogens is 1. The highest BCUT2D eigenvalue weighted by molar-refractivity contribution is 9.10. The number of hydrogen-bond acceptors (Lipinski definition) is 10. The van der Waals surface area contributed by atoms with Crippen molar-refractivity contribution in [2.24, 2.45) is 5.92 Å². The number of fused-ring (bicyclic) bond motifs is 1. The third-order valence-electron chi connectivity index (χ3n) is 12.4. The molecule has 1 N–H and O–H groups in total. The minimum atomic E-state index is -0.475. The van der Waals surface area contributed by atoms with Crippen LogP contribution >= 0.6 is 27.3 Å². The molecule has 1 aliphatic carbocycles. The Kier molecular flexibility index (Phi) is 21.3. The van der Waals surface area contributed by atoms with Crippen molar-refractivity contribution in [3.05, 3.63) is 103 Å². The Balaban J connectivity index is 0.000000257. The van der Waals surface area contributed by atoms with E-state index in [1.54, 1.807) is 18.4 Å². The number of carbonyl (C=O) groups excluding carboxylic acids is 1. The Morgan fingerprint density at radius 1 is 0.970 bits per heavy atom. The zero-order chi connectivity index (χ0) is 48.5. The van der Waals surface area contributed by atoms with Gasteiger partial charge in [0.1, 0.15) is 23.8 Å². The number of aromatic nitrogens is 3. The molecule has 0 radical (unpaired) electrons. The highest BCUT2D eigenvalue weighted by atomic mass is 79.9.